The van der Waals surface area contributed by atoms with Crippen LogP contribution in [0.4, 0.5) is 0 Å². The quantitative estimate of drug-likeness (QED) is 0.136. The largest absolute Gasteiger partial charge is 0.508 e. The van der Waals surface area contributed by atoms with Gasteiger partial charge in [0.25, 0.3) is 0 Å². The van der Waals surface area contributed by atoms with Crippen molar-refractivity contribution in [3.63, 3.8) is 0 Å². The van der Waals surface area contributed by atoms with Crippen LogP contribution in [0.2, 0.25) is 0 Å². The van der Waals surface area contributed by atoms with E-state index in [1.807, 2.05) is 24.3 Å². The average molecular weight is 517 g/mol. The summed E-state index contributed by atoms with van der Waals surface area (Å²) < 4.78 is 10.4. The number of benzene rings is 4. The first-order valence-electron chi connectivity index (χ1n) is 11.3. The minimum absolute atomic E-state index is 0.0457. The predicted octanol–water partition coefficient (Wildman–Crippen LogP) is 5.96. The number of phenolic OH excluding ortho intramolecular Hbond substituents is 6. The molecular formula is C30H28O8. The minimum atomic E-state index is -0.143. The van der Waals surface area contributed by atoms with Crippen LogP contribution in [0, 0.1) is 0 Å². The Labute approximate surface area is 219 Å². The number of rotatable bonds is 6. The Morgan fingerprint density at radius 3 is 1.55 bits per heavy atom. The second-order valence-corrected chi connectivity index (χ2v) is 8.05. The van der Waals surface area contributed by atoms with E-state index in [1.165, 1.54) is 54.6 Å². The van der Waals surface area contributed by atoms with Gasteiger partial charge in [0.2, 0.25) is 0 Å². The Kier molecular flexibility index (Phi) is 9.10. The van der Waals surface area contributed by atoms with Crippen LogP contribution in [0.3, 0.4) is 0 Å². The fourth-order valence-electron chi connectivity index (χ4n) is 3.37. The molecule has 0 amide bonds. The van der Waals surface area contributed by atoms with E-state index in [0.717, 1.165) is 11.1 Å². The molecule has 8 nitrogen and oxygen atoms in total. The number of aromatic hydroxyl groups is 6. The fraction of sp³-hybridized carbons (Fsp3) is 0.0667. The molecule has 4 rings (SSSR count). The van der Waals surface area contributed by atoms with Crippen molar-refractivity contribution in [3.05, 3.63) is 95.1 Å². The molecule has 8 heteroatoms. The summed E-state index contributed by atoms with van der Waals surface area (Å²) in [5.41, 5.74) is 2.52. The molecule has 0 radical (unpaired) electrons. The molecule has 0 aliphatic heterocycles. The summed E-state index contributed by atoms with van der Waals surface area (Å²) in [5.74, 6) is 0.925. The lowest BCUT2D eigenvalue weighted by atomic mass is 10.1. The number of hydrogen-bond acceptors (Lipinski definition) is 8. The molecule has 0 aliphatic rings. The van der Waals surface area contributed by atoms with Gasteiger partial charge in [0.1, 0.15) is 34.5 Å². The van der Waals surface area contributed by atoms with Crippen LogP contribution in [0.5, 0.6) is 46.0 Å². The van der Waals surface area contributed by atoms with E-state index >= 15 is 0 Å². The van der Waals surface area contributed by atoms with Gasteiger partial charge in [-0.25, -0.2) is 0 Å². The van der Waals surface area contributed by atoms with Crippen molar-refractivity contribution in [3.8, 4) is 46.0 Å². The Balaban J connectivity index is 0.000000212. The van der Waals surface area contributed by atoms with Gasteiger partial charge in [-0.3, -0.25) is 0 Å². The first-order chi connectivity index (χ1) is 18.2. The van der Waals surface area contributed by atoms with Crippen LogP contribution in [-0.4, -0.2) is 44.9 Å². The molecule has 38 heavy (non-hydrogen) atoms. The monoisotopic (exact) mass is 516 g/mol. The Hall–Kier alpha value is -5.24. The van der Waals surface area contributed by atoms with E-state index in [4.69, 9.17) is 9.47 Å². The molecule has 0 aliphatic carbocycles. The predicted molar refractivity (Wildman–Crippen MR) is 147 cm³/mol. The van der Waals surface area contributed by atoms with Crippen LogP contribution >= 0.6 is 0 Å². The summed E-state index contributed by atoms with van der Waals surface area (Å²) >= 11 is 0. The van der Waals surface area contributed by atoms with Crippen molar-refractivity contribution in [2.75, 3.05) is 14.2 Å². The van der Waals surface area contributed by atoms with Crippen LogP contribution in [0.25, 0.3) is 24.3 Å². The number of phenols is 6. The van der Waals surface area contributed by atoms with Gasteiger partial charge in [0.05, 0.1) is 19.8 Å². The maximum Gasteiger partial charge on any atom is 0.157 e. The second-order valence-electron chi connectivity index (χ2n) is 8.05. The van der Waals surface area contributed by atoms with Gasteiger partial charge in [-0.15, -0.1) is 0 Å². The summed E-state index contributed by atoms with van der Waals surface area (Å²) in [4.78, 5) is 0. The van der Waals surface area contributed by atoms with E-state index in [0.29, 0.717) is 17.1 Å². The molecule has 0 unspecified atom stereocenters. The van der Waals surface area contributed by atoms with Crippen molar-refractivity contribution in [1.29, 1.82) is 0 Å². The Morgan fingerprint density at radius 1 is 0.474 bits per heavy atom. The lowest BCUT2D eigenvalue weighted by Crippen LogP contribution is -1.88. The molecule has 4 aromatic rings. The molecule has 0 atom stereocenters. The van der Waals surface area contributed by atoms with Gasteiger partial charge in [-0.2, -0.15) is 0 Å². The summed E-state index contributed by atoms with van der Waals surface area (Å²) in [6, 6.07) is 18.8. The second kappa shape index (κ2) is 12.6. The maximum absolute atomic E-state index is 9.57. The lowest BCUT2D eigenvalue weighted by Gasteiger charge is -2.05. The van der Waals surface area contributed by atoms with Gasteiger partial charge < -0.3 is 40.1 Å². The SMILES string of the molecule is COc1cc(/C=C/c2ccc(O)c(O)c2)cc(OC)c1.Oc1cc(O)cc(/C=C/c2c(O)cccc2O)c1. The summed E-state index contributed by atoms with van der Waals surface area (Å²) in [6.07, 6.45) is 6.76. The van der Waals surface area contributed by atoms with Gasteiger partial charge >= 0.3 is 0 Å². The van der Waals surface area contributed by atoms with Gasteiger partial charge in [0.15, 0.2) is 11.5 Å². The third-order valence-electron chi connectivity index (χ3n) is 5.27. The van der Waals surface area contributed by atoms with Crippen LogP contribution in [0.15, 0.2) is 72.8 Å². The molecule has 6 N–H and O–H groups in total. The summed E-state index contributed by atoms with van der Waals surface area (Å²) in [5, 5.41) is 56.4. The fourth-order valence-corrected chi connectivity index (χ4v) is 3.37. The smallest absolute Gasteiger partial charge is 0.157 e. The van der Waals surface area contributed by atoms with Crippen molar-refractivity contribution in [2.45, 2.75) is 0 Å². The molecule has 4 aromatic carbocycles. The molecule has 0 spiro atoms. The van der Waals surface area contributed by atoms with Crippen LogP contribution in [-0.2, 0) is 0 Å². The van der Waals surface area contributed by atoms with Crippen molar-refractivity contribution in [2.24, 2.45) is 0 Å². The maximum atomic E-state index is 9.57. The zero-order valence-electron chi connectivity index (χ0n) is 20.7. The van der Waals surface area contributed by atoms with E-state index in [9.17, 15) is 30.6 Å². The molecule has 196 valence electrons. The molecule has 0 aromatic heterocycles. The highest BCUT2D eigenvalue weighted by Gasteiger charge is 2.03. The standard InChI is InChI=1S/C16H16O4.C14H12O4/c1-19-13-7-12(8-14(10-13)20-2)4-3-11-5-6-15(17)16(18)9-11;15-10-6-9(7-11(16)8-10)4-5-12-13(17)2-1-3-14(12)18/h3-10,17-18H,1-2H3;1-8,15-18H/b4-3+;5-4+. The molecular weight excluding hydrogens is 488 g/mol. The lowest BCUT2D eigenvalue weighted by molar-refractivity contribution is 0.394. The number of ether oxygens (including phenoxy) is 2. The molecule has 0 fully saturated rings. The first-order valence-corrected chi connectivity index (χ1v) is 11.3. The topological polar surface area (TPSA) is 140 Å². The number of methoxy groups -OCH3 is 2. The van der Waals surface area contributed by atoms with E-state index in [1.54, 1.807) is 32.4 Å². The zero-order chi connectivity index (χ0) is 27.7. The van der Waals surface area contributed by atoms with Gasteiger partial charge in [0, 0.05) is 12.1 Å². The van der Waals surface area contributed by atoms with Crippen LogP contribution in [0.1, 0.15) is 22.3 Å². The number of hydrogen-bond donors (Lipinski definition) is 6. The highest BCUT2D eigenvalue weighted by Crippen LogP contribution is 2.30. The average Bonchev–Trinajstić information content (AvgIpc) is 2.88. The normalized spacial score (nSPS) is 10.8. The third-order valence-corrected chi connectivity index (χ3v) is 5.27. The first kappa shape index (κ1) is 27.3. The highest BCUT2D eigenvalue weighted by molar-refractivity contribution is 5.76. The van der Waals surface area contributed by atoms with Crippen molar-refractivity contribution >= 4 is 24.3 Å². The Bertz CT molecular complexity index is 1390. The molecule has 0 heterocycles. The zero-order valence-corrected chi connectivity index (χ0v) is 20.7. The molecule has 0 bridgehead atoms. The third kappa shape index (κ3) is 7.63. The highest BCUT2D eigenvalue weighted by atomic mass is 16.5. The van der Waals surface area contributed by atoms with Gasteiger partial charge in [-0.1, -0.05) is 30.4 Å². The minimum Gasteiger partial charge on any atom is -0.508 e. The van der Waals surface area contributed by atoms with Crippen molar-refractivity contribution in [1.82, 2.24) is 0 Å². The van der Waals surface area contributed by atoms with E-state index in [-0.39, 0.29) is 40.1 Å². The van der Waals surface area contributed by atoms with E-state index in [2.05, 4.69) is 0 Å². The molecule has 0 saturated carbocycles. The Morgan fingerprint density at radius 2 is 1.00 bits per heavy atom. The summed E-state index contributed by atoms with van der Waals surface area (Å²) in [6.45, 7) is 0. The van der Waals surface area contributed by atoms with E-state index < -0.39 is 0 Å². The van der Waals surface area contributed by atoms with Crippen molar-refractivity contribution < 1.29 is 40.1 Å². The molecule has 0 saturated heterocycles. The summed E-state index contributed by atoms with van der Waals surface area (Å²) in [7, 11) is 3.19. The van der Waals surface area contributed by atoms with Gasteiger partial charge in [-0.05, 0) is 71.3 Å². The van der Waals surface area contributed by atoms with Crippen LogP contribution < -0.4 is 9.47 Å².